The van der Waals surface area contributed by atoms with Crippen LogP contribution in [-0.4, -0.2) is 35.0 Å². The van der Waals surface area contributed by atoms with Crippen LogP contribution in [0.25, 0.3) is 0 Å². The zero-order valence-electron chi connectivity index (χ0n) is 9.68. The Kier molecular flexibility index (Phi) is 3.17. The van der Waals surface area contributed by atoms with Crippen molar-refractivity contribution in [3.63, 3.8) is 0 Å². The SMILES string of the molecule is Cc1occc1C(=O)N1CCC[C@@H](C(=O)O)C1. The monoisotopic (exact) mass is 237 g/mol. The molecule has 1 aliphatic heterocycles. The van der Waals surface area contributed by atoms with Crippen molar-refractivity contribution in [3.8, 4) is 0 Å². The highest BCUT2D eigenvalue weighted by molar-refractivity contribution is 5.95. The lowest BCUT2D eigenvalue weighted by atomic mass is 9.98. The fourth-order valence-corrected chi connectivity index (χ4v) is 2.14. The predicted molar refractivity (Wildman–Crippen MR) is 59.7 cm³/mol. The summed E-state index contributed by atoms with van der Waals surface area (Å²) in [7, 11) is 0. The average Bonchev–Trinajstić information content (AvgIpc) is 2.74. The van der Waals surface area contributed by atoms with Crippen LogP contribution in [-0.2, 0) is 4.79 Å². The Labute approximate surface area is 99.0 Å². The lowest BCUT2D eigenvalue weighted by Crippen LogP contribution is -2.42. The van der Waals surface area contributed by atoms with Crippen molar-refractivity contribution in [2.24, 2.45) is 5.92 Å². The molecule has 0 unspecified atom stereocenters. The summed E-state index contributed by atoms with van der Waals surface area (Å²) in [5.74, 6) is -0.832. The highest BCUT2D eigenvalue weighted by Crippen LogP contribution is 2.20. The summed E-state index contributed by atoms with van der Waals surface area (Å²) in [5.41, 5.74) is 0.524. The molecule has 1 aromatic heterocycles. The second-order valence-corrected chi connectivity index (χ2v) is 4.32. The first kappa shape index (κ1) is 11.7. The molecule has 1 atom stereocenters. The minimum Gasteiger partial charge on any atom is -0.481 e. The van der Waals surface area contributed by atoms with E-state index in [1.54, 1.807) is 17.9 Å². The van der Waals surface area contributed by atoms with E-state index >= 15 is 0 Å². The van der Waals surface area contributed by atoms with Gasteiger partial charge in [0.05, 0.1) is 17.7 Å². The molecular weight excluding hydrogens is 222 g/mol. The number of carbonyl (C=O) groups is 2. The second kappa shape index (κ2) is 4.61. The van der Waals surface area contributed by atoms with E-state index in [1.807, 2.05) is 0 Å². The van der Waals surface area contributed by atoms with Gasteiger partial charge >= 0.3 is 5.97 Å². The van der Waals surface area contributed by atoms with Crippen molar-refractivity contribution in [3.05, 3.63) is 23.7 Å². The van der Waals surface area contributed by atoms with Crippen LogP contribution < -0.4 is 0 Å². The number of amides is 1. The number of piperidine rings is 1. The molecule has 0 saturated carbocycles. The number of likely N-dealkylation sites (tertiary alicyclic amines) is 1. The van der Waals surface area contributed by atoms with Crippen LogP contribution in [0, 0.1) is 12.8 Å². The molecule has 0 spiro atoms. The minimum absolute atomic E-state index is 0.137. The maximum Gasteiger partial charge on any atom is 0.308 e. The van der Waals surface area contributed by atoms with Crippen LogP contribution in [0.5, 0.6) is 0 Å². The first-order chi connectivity index (χ1) is 8.09. The van der Waals surface area contributed by atoms with E-state index in [-0.39, 0.29) is 5.91 Å². The van der Waals surface area contributed by atoms with Gasteiger partial charge in [-0.3, -0.25) is 9.59 Å². The molecule has 0 aliphatic carbocycles. The summed E-state index contributed by atoms with van der Waals surface area (Å²) in [6.07, 6.45) is 2.85. The largest absolute Gasteiger partial charge is 0.481 e. The highest BCUT2D eigenvalue weighted by Gasteiger charge is 2.29. The number of rotatable bonds is 2. The smallest absolute Gasteiger partial charge is 0.308 e. The number of carbonyl (C=O) groups excluding carboxylic acids is 1. The van der Waals surface area contributed by atoms with Gasteiger partial charge in [0, 0.05) is 13.1 Å². The Morgan fingerprint density at radius 2 is 2.29 bits per heavy atom. The Balaban J connectivity index is 2.10. The average molecular weight is 237 g/mol. The molecule has 1 amide bonds. The number of aryl methyl sites for hydroxylation is 1. The number of carboxylic acids is 1. The molecule has 1 aromatic rings. The van der Waals surface area contributed by atoms with Gasteiger partial charge in [0.1, 0.15) is 5.76 Å². The normalized spacial score (nSPS) is 20.3. The molecule has 5 nitrogen and oxygen atoms in total. The lowest BCUT2D eigenvalue weighted by molar-refractivity contribution is -0.143. The van der Waals surface area contributed by atoms with Gasteiger partial charge in [0.25, 0.3) is 5.91 Å². The Morgan fingerprint density at radius 3 is 2.88 bits per heavy atom. The Morgan fingerprint density at radius 1 is 1.53 bits per heavy atom. The molecule has 1 fully saturated rings. The van der Waals surface area contributed by atoms with E-state index in [0.717, 1.165) is 6.42 Å². The number of carboxylic acid groups (broad SMARTS) is 1. The number of furan rings is 1. The van der Waals surface area contributed by atoms with E-state index in [2.05, 4.69) is 0 Å². The second-order valence-electron chi connectivity index (χ2n) is 4.32. The predicted octanol–water partition coefficient (Wildman–Crippen LogP) is 1.52. The van der Waals surface area contributed by atoms with E-state index in [9.17, 15) is 9.59 Å². The summed E-state index contributed by atoms with van der Waals surface area (Å²) in [6.45, 7) is 2.64. The van der Waals surface area contributed by atoms with Gasteiger partial charge < -0.3 is 14.4 Å². The van der Waals surface area contributed by atoms with Crippen LogP contribution in [0.3, 0.4) is 0 Å². The molecule has 92 valence electrons. The fraction of sp³-hybridized carbons (Fsp3) is 0.500. The lowest BCUT2D eigenvalue weighted by Gasteiger charge is -2.30. The van der Waals surface area contributed by atoms with Crippen molar-refractivity contribution in [2.75, 3.05) is 13.1 Å². The molecule has 1 aliphatic rings. The maximum atomic E-state index is 12.1. The molecule has 1 saturated heterocycles. The topological polar surface area (TPSA) is 70.8 Å². The molecular formula is C12H15NO4. The minimum atomic E-state index is -0.827. The van der Waals surface area contributed by atoms with Gasteiger partial charge in [-0.1, -0.05) is 0 Å². The molecule has 2 heterocycles. The van der Waals surface area contributed by atoms with Crippen molar-refractivity contribution in [1.29, 1.82) is 0 Å². The first-order valence-electron chi connectivity index (χ1n) is 5.65. The molecule has 0 radical (unpaired) electrons. The first-order valence-corrected chi connectivity index (χ1v) is 5.65. The van der Waals surface area contributed by atoms with Crippen molar-refractivity contribution in [1.82, 2.24) is 4.90 Å². The van der Waals surface area contributed by atoms with E-state index in [1.165, 1.54) is 6.26 Å². The third-order valence-electron chi connectivity index (χ3n) is 3.15. The zero-order chi connectivity index (χ0) is 12.4. The standard InChI is InChI=1S/C12H15NO4/c1-8-10(4-6-17-8)11(14)13-5-2-3-9(7-13)12(15)16/h4,6,9H,2-3,5,7H2,1H3,(H,15,16)/t9-/m1/s1. The van der Waals surface area contributed by atoms with Crippen molar-refractivity contribution < 1.29 is 19.1 Å². The Bertz CT molecular complexity index is 437. The van der Waals surface area contributed by atoms with Crippen molar-refractivity contribution >= 4 is 11.9 Å². The fourth-order valence-electron chi connectivity index (χ4n) is 2.14. The number of nitrogens with zero attached hydrogens (tertiary/aromatic N) is 1. The van der Waals surface area contributed by atoms with Crippen LogP contribution in [0.2, 0.25) is 0 Å². The quantitative estimate of drug-likeness (QED) is 0.846. The maximum absolute atomic E-state index is 12.1. The van der Waals surface area contributed by atoms with Crippen LogP contribution in [0.4, 0.5) is 0 Å². The number of aliphatic carboxylic acids is 1. The van der Waals surface area contributed by atoms with Gasteiger partial charge in [-0.15, -0.1) is 0 Å². The van der Waals surface area contributed by atoms with Gasteiger partial charge in [0.15, 0.2) is 0 Å². The van der Waals surface area contributed by atoms with Crippen LogP contribution in [0.1, 0.15) is 29.0 Å². The van der Waals surface area contributed by atoms with Gasteiger partial charge in [-0.05, 0) is 25.8 Å². The summed E-state index contributed by atoms with van der Waals surface area (Å²) >= 11 is 0. The van der Waals surface area contributed by atoms with Gasteiger partial charge in [-0.2, -0.15) is 0 Å². The van der Waals surface area contributed by atoms with Gasteiger partial charge in [-0.25, -0.2) is 0 Å². The molecule has 1 N–H and O–H groups in total. The number of hydrogen-bond donors (Lipinski definition) is 1. The number of hydrogen-bond acceptors (Lipinski definition) is 3. The third kappa shape index (κ3) is 2.33. The summed E-state index contributed by atoms with van der Waals surface area (Å²) < 4.78 is 5.09. The summed E-state index contributed by atoms with van der Waals surface area (Å²) in [4.78, 5) is 24.6. The third-order valence-corrected chi connectivity index (χ3v) is 3.15. The Hall–Kier alpha value is -1.78. The molecule has 5 heteroatoms. The molecule has 0 bridgehead atoms. The van der Waals surface area contributed by atoms with Gasteiger partial charge in [0.2, 0.25) is 0 Å². The van der Waals surface area contributed by atoms with Crippen LogP contribution in [0.15, 0.2) is 16.7 Å². The molecule has 0 aromatic carbocycles. The van der Waals surface area contributed by atoms with Crippen LogP contribution >= 0.6 is 0 Å². The van der Waals surface area contributed by atoms with E-state index < -0.39 is 11.9 Å². The summed E-state index contributed by atoms with van der Waals surface area (Å²) in [6, 6.07) is 1.63. The van der Waals surface area contributed by atoms with Crippen molar-refractivity contribution in [2.45, 2.75) is 19.8 Å². The zero-order valence-corrected chi connectivity index (χ0v) is 9.68. The molecule has 17 heavy (non-hydrogen) atoms. The molecule has 2 rings (SSSR count). The summed E-state index contributed by atoms with van der Waals surface area (Å²) in [5, 5.41) is 8.97. The highest BCUT2D eigenvalue weighted by atomic mass is 16.4. The van der Waals surface area contributed by atoms with E-state index in [4.69, 9.17) is 9.52 Å². The van der Waals surface area contributed by atoms with E-state index in [0.29, 0.717) is 30.8 Å².